The van der Waals surface area contributed by atoms with E-state index < -0.39 is 0 Å². The van der Waals surface area contributed by atoms with E-state index in [9.17, 15) is 9.59 Å². The van der Waals surface area contributed by atoms with Crippen molar-refractivity contribution < 1.29 is 0 Å². The van der Waals surface area contributed by atoms with Gasteiger partial charge in [-0.2, -0.15) is 0 Å². The third kappa shape index (κ3) is 1.78. The number of pyridine rings is 2. The summed E-state index contributed by atoms with van der Waals surface area (Å²) in [6, 6.07) is 3.12. The van der Waals surface area contributed by atoms with E-state index in [0.717, 1.165) is 0 Å². The van der Waals surface area contributed by atoms with Crippen molar-refractivity contribution >= 4 is 10.9 Å². The summed E-state index contributed by atoms with van der Waals surface area (Å²) < 4.78 is 1.63. The van der Waals surface area contributed by atoms with E-state index in [-0.39, 0.29) is 11.0 Å². The Balaban J connectivity index is 2.71. The van der Waals surface area contributed by atoms with E-state index in [2.05, 4.69) is 4.98 Å². The second kappa shape index (κ2) is 3.96. The first kappa shape index (κ1) is 10.7. The van der Waals surface area contributed by atoms with Crippen LogP contribution in [0.4, 0.5) is 0 Å². The van der Waals surface area contributed by atoms with Gasteiger partial charge in [0.15, 0.2) is 5.43 Å². The average Bonchev–Trinajstić information content (AvgIpc) is 2.23. The molecule has 2 aromatic rings. The maximum absolute atomic E-state index is 12.0. The Morgan fingerprint density at radius 3 is 2.75 bits per heavy atom. The first-order valence-electron chi connectivity index (χ1n) is 5.30. The maximum atomic E-state index is 12.0. The van der Waals surface area contributed by atoms with Crippen LogP contribution >= 0.6 is 0 Å². The van der Waals surface area contributed by atoms with Gasteiger partial charge in [-0.3, -0.25) is 9.59 Å². The van der Waals surface area contributed by atoms with Crippen molar-refractivity contribution in [2.45, 2.75) is 20.4 Å². The molecule has 4 heteroatoms. The molecule has 1 N–H and O–H groups in total. The van der Waals surface area contributed by atoms with E-state index in [4.69, 9.17) is 0 Å². The molecule has 0 fully saturated rings. The van der Waals surface area contributed by atoms with Crippen LogP contribution in [0, 0.1) is 5.92 Å². The van der Waals surface area contributed by atoms with Crippen LogP contribution in [0.3, 0.4) is 0 Å². The Bertz CT molecular complexity index is 623. The Morgan fingerprint density at radius 1 is 1.31 bits per heavy atom. The van der Waals surface area contributed by atoms with Gasteiger partial charge >= 0.3 is 0 Å². The number of aromatic nitrogens is 2. The first-order valence-corrected chi connectivity index (χ1v) is 5.30. The number of hydrogen-bond acceptors (Lipinski definition) is 2. The van der Waals surface area contributed by atoms with Gasteiger partial charge in [-0.15, -0.1) is 0 Å². The van der Waals surface area contributed by atoms with Gasteiger partial charge in [0.1, 0.15) is 5.52 Å². The minimum Gasteiger partial charge on any atom is -0.356 e. The summed E-state index contributed by atoms with van der Waals surface area (Å²) in [5.74, 6) is 0.394. The molecule has 2 rings (SSSR count). The second-order valence-corrected chi connectivity index (χ2v) is 4.30. The van der Waals surface area contributed by atoms with Crippen LogP contribution in [0.5, 0.6) is 0 Å². The molecule has 16 heavy (non-hydrogen) atoms. The molecule has 0 atom stereocenters. The average molecular weight is 218 g/mol. The zero-order chi connectivity index (χ0) is 11.7. The molecule has 0 aliphatic rings. The quantitative estimate of drug-likeness (QED) is 0.827. The number of aromatic amines is 1. The minimum atomic E-state index is -0.135. The molecule has 0 bridgehead atoms. The summed E-state index contributed by atoms with van der Waals surface area (Å²) in [5.41, 5.74) is 0.127. The van der Waals surface area contributed by atoms with Gasteiger partial charge in [0, 0.05) is 25.0 Å². The van der Waals surface area contributed by atoms with Gasteiger partial charge in [-0.05, 0) is 12.0 Å². The Morgan fingerprint density at radius 2 is 2.06 bits per heavy atom. The van der Waals surface area contributed by atoms with Crippen LogP contribution in [0.25, 0.3) is 10.9 Å². The zero-order valence-corrected chi connectivity index (χ0v) is 9.36. The Kier molecular flexibility index (Phi) is 2.64. The highest BCUT2D eigenvalue weighted by molar-refractivity contribution is 5.76. The van der Waals surface area contributed by atoms with Gasteiger partial charge in [0.25, 0.3) is 5.56 Å². The van der Waals surface area contributed by atoms with Crippen LogP contribution in [-0.2, 0) is 6.54 Å². The standard InChI is InChI=1S/C12H14N2O2/c1-8(2)7-14-6-4-9-10(15)3-5-13-11(9)12(14)16/h3-6,8H,7H2,1-2H3,(H,13,15). The predicted molar refractivity (Wildman–Crippen MR) is 63.7 cm³/mol. The molecule has 0 spiro atoms. The molecule has 2 heterocycles. The Labute approximate surface area is 92.5 Å². The lowest BCUT2D eigenvalue weighted by atomic mass is 10.2. The molecule has 0 unspecified atom stereocenters. The highest BCUT2D eigenvalue weighted by Crippen LogP contribution is 2.02. The number of rotatable bonds is 2. The van der Waals surface area contributed by atoms with Crippen LogP contribution < -0.4 is 11.0 Å². The summed E-state index contributed by atoms with van der Waals surface area (Å²) in [5, 5.41) is 0.451. The van der Waals surface area contributed by atoms with Crippen molar-refractivity contribution in [2.75, 3.05) is 0 Å². The number of fused-ring (bicyclic) bond motifs is 1. The molecule has 0 amide bonds. The summed E-state index contributed by atoms with van der Waals surface area (Å²) in [6.07, 6.45) is 3.19. The van der Waals surface area contributed by atoms with Crippen molar-refractivity contribution in [3.63, 3.8) is 0 Å². The van der Waals surface area contributed by atoms with Crippen molar-refractivity contribution in [1.29, 1.82) is 0 Å². The fraction of sp³-hybridized carbons (Fsp3) is 0.333. The van der Waals surface area contributed by atoms with Crippen molar-refractivity contribution in [1.82, 2.24) is 9.55 Å². The van der Waals surface area contributed by atoms with E-state index in [1.165, 1.54) is 12.3 Å². The maximum Gasteiger partial charge on any atom is 0.274 e. The molecule has 0 aliphatic heterocycles. The van der Waals surface area contributed by atoms with Crippen LogP contribution in [-0.4, -0.2) is 9.55 Å². The number of nitrogens with zero attached hydrogens (tertiary/aromatic N) is 1. The van der Waals surface area contributed by atoms with E-state index in [1.807, 2.05) is 13.8 Å². The van der Waals surface area contributed by atoms with Crippen molar-refractivity contribution in [2.24, 2.45) is 5.92 Å². The molecule has 2 aromatic heterocycles. The number of H-pyrrole nitrogens is 1. The second-order valence-electron chi connectivity index (χ2n) is 4.30. The van der Waals surface area contributed by atoms with Gasteiger partial charge < -0.3 is 9.55 Å². The normalized spacial score (nSPS) is 11.2. The number of nitrogens with one attached hydrogen (secondary N) is 1. The van der Waals surface area contributed by atoms with E-state index in [1.54, 1.807) is 16.8 Å². The minimum absolute atomic E-state index is 0.123. The Hall–Kier alpha value is -1.84. The predicted octanol–water partition coefficient (Wildman–Crippen LogP) is 1.35. The van der Waals surface area contributed by atoms with Gasteiger partial charge in [-0.1, -0.05) is 13.8 Å². The van der Waals surface area contributed by atoms with Gasteiger partial charge in [0.05, 0.1) is 5.39 Å². The van der Waals surface area contributed by atoms with Crippen molar-refractivity contribution in [3.05, 3.63) is 45.1 Å². The summed E-state index contributed by atoms with van der Waals surface area (Å²) in [4.78, 5) is 26.3. The van der Waals surface area contributed by atoms with Crippen LogP contribution in [0.15, 0.2) is 34.1 Å². The van der Waals surface area contributed by atoms with Crippen LogP contribution in [0.1, 0.15) is 13.8 Å². The van der Waals surface area contributed by atoms with Gasteiger partial charge in [-0.25, -0.2) is 0 Å². The van der Waals surface area contributed by atoms with Crippen molar-refractivity contribution in [3.8, 4) is 0 Å². The molecule has 0 aliphatic carbocycles. The fourth-order valence-electron chi connectivity index (χ4n) is 1.75. The molecule has 0 radical (unpaired) electrons. The van der Waals surface area contributed by atoms with E-state index in [0.29, 0.717) is 23.4 Å². The third-order valence-corrected chi connectivity index (χ3v) is 2.45. The molecule has 0 aromatic carbocycles. The van der Waals surface area contributed by atoms with E-state index >= 15 is 0 Å². The smallest absolute Gasteiger partial charge is 0.274 e. The lowest BCUT2D eigenvalue weighted by Gasteiger charge is -2.08. The first-order chi connectivity index (χ1) is 7.59. The summed E-state index contributed by atoms with van der Waals surface area (Å²) >= 11 is 0. The highest BCUT2D eigenvalue weighted by Gasteiger charge is 2.05. The zero-order valence-electron chi connectivity index (χ0n) is 9.36. The lowest BCUT2D eigenvalue weighted by molar-refractivity contribution is 0.513. The lowest BCUT2D eigenvalue weighted by Crippen LogP contribution is -2.24. The molecular formula is C12H14N2O2. The topological polar surface area (TPSA) is 54.9 Å². The number of hydrogen-bond donors (Lipinski definition) is 1. The molecule has 4 nitrogen and oxygen atoms in total. The van der Waals surface area contributed by atoms with Gasteiger partial charge in [0.2, 0.25) is 0 Å². The molecule has 84 valence electrons. The molecule has 0 saturated heterocycles. The SMILES string of the molecule is CC(C)Cn1ccc2c(=O)cc[nH]c2c1=O. The fourth-order valence-corrected chi connectivity index (χ4v) is 1.75. The third-order valence-electron chi connectivity index (χ3n) is 2.45. The molecular weight excluding hydrogens is 204 g/mol. The molecule has 0 saturated carbocycles. The monoisotopic (exact) mass is 218 g/mol. The summed E-state index contributed by atoms with van der Waals surface area (Å²) in [7, 11) is 0. The van der Waals surface area contributed by atoms with Crippen LogP contribution in [0.2, 0.25) is 0 Å². The summed E-state index contributed by atoms with van der Waals surface area (Å²) in [6.45, 7) is 4.75. The largest absolute Gasteiger partial charge is 0.356 e. The highest BCUT2D eigenvalue weighted by atomic mass is 16.1.